The minimum absolute atomic E-state index is 0.0515. The van der Waals surface area contributed by atoms with E-state index in [9.17, 15) is 17.2 Å². The molecule has 0 atom stereocenters. The predicted octanol–water partition coefficient (Wildman–Crippen LogP) is 2.99. The summed E-state index contributed by atoms with van der Waals surface area (Å²) in [6, 6.07) is 6.94. The van der Waals surface area contributed by atoms with Crippen LogP contribution < -0.4 is 10.5 Å². The van der Waals surface area contributed by atoms with Crippen molar-refractivity contribution in [1.82, 2.24) is 0 Å². The van der Waals surface area contributed by atoms with Crippen molar-refractivity contribution >= 4 is 31.6 Å². The number of sulfonamides is 1. The van der Waals surface area contributed by atoms with E-state index in [0.29, 0.717) is 10.5 Å². The van der Waals surface area contributed by atoms with Crippen LogP contribution in [0.2, 0.25) is 0 Å². The van der Waals surface area contributed by atoms with Gasteiger partial charge in [0.05, 0.1) is 5.69 Å². The zero-order valence-electron chi connectivity index (χ0n) is 10.6. The number of benzene rings is 2. The summed E-state index contributed by atoms with van der Waals surface area (Å²) in [5.74, 6) is -1.74. The summed E-state index contributed by atoms with van der Waals surface area (Å²) in [5, 5.41) is 0. The summed E-state index contributed by atoms with van der Waals surface area (Å²) in [4.78, 5) is -0.0515. The highest BCUT2D eigenvalue weighted by atomic mass is 79.9. The van der Waals surface area contributed by atoms with Crippen molar-refractivity contribution in [3.05, 3.63) is 58.1 Å². The maximum atomic E-state index is 13.1. The van der Waals surface area contributed by atoms with Gasteiger partial charge >= 0.3 is 0 Å². The topological polar surface area (TPSA) is 72.2 Å². The first-order valence-electron chi connectivity index (χ1n) is 5.79. The van der Waals surface area contributed by atoms with Crippen molar-refractivity contribution in [1.29, 1.82) is 0 Å². The SMILES string of the molecule is NCc1ccc(S(=O)(=O)Nc2cc(F)cc(F)c2)c(Br)c1. The first-order valence-corrected chi connectivity index (χ1v) is 8.07. The summed E-state index contributed by atoms with van der Waals surface area (Å²) in [6.07, 6.45) is 0. The largest absolute Gasteiger partial charge is 0.326 e. The Hall–Kier alpha value is -1.51. The van der Waals surface area contributed by atoms with E-state index >= 15 is 0 Å². The van der Waals surface area contributed by atoms with Crippen LogP contribution in [0.3, 0.4) is 0 Å². The van der Waals surface area contributed by atoms with Gasteiger partial charge in [-0.2, -0.15) is 0 Å². The van der Waals surface area contributed by atoms with Crippen LogP contribution in [0, 0.1) is 11.6 Å². The van der Waals surface area contributed by atoms with Gasteiger partial charge in [-0.05, 0) is 45.8 Å². The molecule has 8 heteroatoms. The zero-order chi connectivity index (χ0) is 15.6. The molecule has 3 N–H and O–H groups in total. The van der Waals surface area contributed by atoms with Gasteiger partial charge in [-0.15, -0.1) is 0 Å². The number of halogens is 3. The molecule has 0 amide bonds. The van der Waals surface area contributed by atoms with Gasteiger partial charge in [0.1, 0.15) is 16.5 Å². The van der Waals surface area contributed by atoms with Gasteiger partial charge in [-0.25, -0.2) is 17.2 Å². The minimum Gasteiger partial charge on any atom is -0.326 e. The van der Waals surface area contributed by atoms with E-state index in [2.05, 4.69) is 20.7 Å². The molecule has 0 heterocycles. The van der Waals surface area contributed by atoms with Crippen LogP contribution >= 0.6 is 15.9 Å². The molecule has 0 aromatic heterocycles. The lowest BCUT2D eigenvalue weighted by Gasteiger charge is -2.10. The van der Waals surface area contributed by atoms with Gasteiger partial charge in [0, 0.05) is 17.1 Å². The number of anilines is 1. The fourth-order valence-corrected chi connectivity index (χ4v) is 3.88. The Bertz CT molecular complexity index is 761. The summed E-state index contributed by atoms with van der Waals surface area (Å²) < 4.78 is 53.1. The molecule has 21 heavy (non-hydrogen) atoms. The first kappa shape index (κ1) is 15.9. The monoisotopic (exact) mass is 376 g/mol. The van der Waals surface area contributed by atoms with Crippen LogP contribution in [-0.2, 0) is 16.6 Å². The van der Waals surface area contributed by atoms with Crippen molar-refractivity contribution in [3.8, 4) is 0 Å². The Balaban J connectivity index is 2.38. The lowest BCUT2D eigenvalue weighted by molar-refractivity contribution is 0.584. The second-order valence-corrected chi connectivity index (χ2v) is 6.74. The molecule has 0 fully saturated rings. The maximum Gasteiger partial charge on any atom is 0.263 e. The molecule has 0 saturated heterocycles. The zero-order valence-corrected chi connectivity index (χ0v) is 13.0. The van der Waals surface area contributed by atoms with Gasteiger partial charge in [0.15, 0.2) is 0 Å². The Morgan fingerprint density at radius 3 is 2.24 bits per heavy atom. The second-order valence-electron chi connectivity index (χ2n) is 4.23. The maximum absolute atomic E-state index is 13.1. The van der Waals surface area contributed by atoms with Crippen molar-refractivity contribution in [3.63, 3.8) is 0 Å². The normalized spacial score (nSPS) is 11.4. The molecule has 112 valence electrons. The Morgan fingerprint density at radius 2 is 1.71 bits per heavy atom. The van der Waals surface area contributed by atoms with E-state index in [1.165, 1.54) is 6.07 Å². The lowest BCUT2D eigenvalue weighted by Crippen LogP contribution is -2.14. The van der Waals surface area contributed by atoms with Crippen LogP contribution in [0.4, 0.5) is 14.5 Å². The van der Waals surface area contributed by atoms with E-state index in [-0.39, 0.29) is 17.1 Å². The summed E-state index contributed by atoms with van der Waals surface area (Å²) >= 11 is 3.14. The molecule has 0 radical (unpaired) electrons. The average Bonchev–Trinajstić information content (AvgIpc) is 2.36. The summed E-state index contributed by atoms with van der Waals surface area (Å²) in [5.41, 5.74) is 6.02. The van der Waals surface area contributed by atoms with Crippen molar-refractivity contribution in [2.45, 2.75) is 11.4 Å². The molecule has 0 aliphatic rings. The molecular weight excluding hydrogens is 366 g/mol. The lowest BCUT2D eigenvalue weighted by atomic mass is 10.2. The van der Waals surface area contributed by atoms with Crippen LogP contribution in [-0.4, -0.2) is 8.42 Å². The van der Waals surface area contributed by atoms with E-state index in [4.69, 9.17) is 5.73 Å². The average molecular weight is 377 g/mol. The molecule has 2 aromatic rings. The molecular formula is C13H11BrF2N2O2S. The van der Waals surface area contributed by atoms with Crippen molar-refractivity contribution in [2.24, 2.45) is 5.73 Å². The molecule has 0 saturated carbocycles. The molecule has 4 nitrogen and oxygen atoms in total. The van der Waals surface area contributed by atoms with Gasteiger partial charge in [-0.3, -0.25) is 4.72 Å². The summed E-state index contributed by atoms with van der Waals surface area (Å²) in [7, 11) is -3.97. The number of rotatable bonds is 4. The third kappa shape index (κ3) is 3.78. The highest BCUT2D eigenvalue weighted by Gasteiger charge is 2.18. The quantitative estimate of drug-likeness (QED) is 0.861. The second kappa shape index (κ2) is 6.08. The standard InChI is InChI=1S/C13H11BrF2N2O2S/c14-12-3-8(7-17)1-2-13(12)21(19,20)18-11-5-9(15)4-10(16)6-11/h1-6,18H,7,17H2. The van der Waals surface area contributed by atoms with Crippen molar-refractivity contribution in [2.75, 3.05) is 4.72 Å². The Labute approximate surface area is 129 Å². The number of nitrogens with two attached hydrogens (primary N) is 1. The predicted molar refractivity (Wildman–Crippen MR) is 79.2 cm³/mol. The molecule has 0 bridgehead atoms. The smallest absolute Gasteiger partial charge is 0.263 e. The Morgan fingerprint density at radius 1 is 1.10 bits per heavy atom. The molecule has 0 aliphatic heterocycles. The molecule has 2 aromatic carbocycles. The van der Waals surface area contributed by atoms with E-state index < -0.39 is 21.7 Å². The number of hydrogen-bond acceptors (Lipinski definition) is 3. The van der Waals surface area contributed by atoms with Crippen LogP contribution in [0.15, 0.2) is 45.8 Å². The van der Waals surface area contributed by atoms with Crippen molar-refractivity contribution < 1.29 is 17.2 Å². The third-order valence-electron chi connectivity index (χ3n) is 2.64. The van der Waals surface area contributed by atoms with E-state index in [1.54, 1.807) is 12.1 Å². The Kier molecular flexibility index (Phi) is 4.60. The molecule has 0 unspecified atom stereocenters. The van der Waals surface area contributed by atoms with Crippen LogP contribution in [0.1, 0.15) is 5.56 Å². The fraction of sp³-hybridized carbons (Fsp3) is 0.0769. The highest BCUT2D eigenvalue weighted by molar-refractivity contribution is 9.10. The first-order chi connectivity index (χ1) is 9.81. The van der Waals surface area contributed by atoms with E-state index in [1.807, 2.05) is 0 Å². The molecule has 0 spiro atoms. The highest BCUT2D eigenvalue weighted by Crippen LogP contribution is 2.26. The van der Waals surface area contributed by atoms with Gasteiger partial charge in [0.25, 0.3) is 10.0 Å². The molecule has 2 rings (SSSR count). The summed E-state index contributed by atoms with van der Waals surface area (Å²) in [6.45, 7) is 0.265. The molecule has 0 aliphatic carbocycles. The van der Waals surface area contributed by atoms with Crippen LogP contribution in [0.25, 0.3) is 0 Å². The van der Waals surface area contributed by atoms with Gasteiger partial charge in [-0.1, -0.05) is 6.07 Å². The van der Waals surface area contributed by atoms with Crippen LogP contribution in [0.5, 0.6) is 0 Å². The number of hydrogen-bond donors (Lipinski definition) is 2. The third-order valence-corrected chi connectivity index (χ3v) is 4.99. The van der Waals surface area contributed by atoms with E-state index in [0.717, 1.165) is 17.7 Å². The van der Waals surface area contributed by atoms with Gasteiger partial charge in [0.2, 0.25) is 0 Å². The minimum atomic E-state index is -3.97. The number of nitrogens with one attached hydrogen (secondary N) is 1. The van der Waals surface area contributed by atoms with Gasteiger partial charge < -0.3 is 5.73 Å². The fourth-order valence-electron chi connectivity index (χ4n) is 1.71.